The second kappa shape index (κ2) is 7.72. The van der Waals surface area contributed by atoms with Crippen LogP contribution in [0.15, 0.2) is 65.8 Å². The molecule has 9 heteroatoms. The van der Waals surface area contributed by atoms with Gasteiger partial charge in [-0.25, -0.2) is 8.42 Å². The van der Waals surface area contributed by atoms with Gasteiger partial charge < -0.3 is 4.74 Å². The van der Waals surface area contributed by atoms with Gasteiger partial charge in [0.15, 0.2) is 0 Å². The summed E-state index contributed by atoms with van der Waals surface area (Å²) in [6.45, 7) is 0. The first-order chi connectivity index (χ1) is 12.3. The molecule has 26 heavy (non-hydrogen) atoms. The quantitative estimate of drug-likeness (QED) is 0.570. The van der Waals surface area contributed by atoms with E-state index in [1.54, 1.807) is 24.3 Å². The number of hydrogen-bond donors (Lipinski definition) is 1. The summed E-state index contributed by atoms with van der Waals surface area (Å²) in [6, 6.07) is 12.2. The van der Waals surface area contributed by atoms with E-state index in [0.29, 0.717) is 27.2 Å². The minimum Gasteiger partial charge on any atom is -0.456 e. The lowest BCUT2D eigenvalue weighted by Crippen LogP contribution is -2.13. The van der Waals surface area contributed by atoms with Gasteiger partial charge in [0.1, 0.15) is 16.4 Å². The average molecular weight is 430 g/mol. The van der Waals surface area contributed by atoms with Gasteiger partial charge in [-0.2, -0.15) is 0 Å². The van der Waals surface area contributed by atoms with Crippen LogP contribution < -0.4 is 9.46 Å². The maximum absolute atomic E-state index is 12.5. The molecule has 5 nitrogen and oxygen atoms in total. The molecule has 0 bridgehead atoms. The van der Waals surface area contributed by atoms with Gasteiger partial charge in [0.2, 0.25) is 0 Å². The molecule has 0 aliphatic rings. The highest BCUT2D eigenvalue weighted by Crippen LogP contribution is 2.29. The molecule has 1 aromatic heterocycles. The van der Waals surface area contributed by atoms with Crippen molar-refractivity contribution in [1.29, 1.82) is 0 Å². The number of rotatable bonds is 5. The van der Waals surface area contributed by atoms with Crippen LogP contribution in [0, 0.1) is 0 Å². The Kier molecular flexibility index (Phi) is 5.58. The molecular formula is C17H11Cl3N2O3S. The Morgan fingerprint density at radius 1 is 0.885 bits per heavy atom. The molecule has 134 valence electrons. The van der Waals surface area contributed by atoms with Crippen molar-refractivity contribution in [2.45, 2.75) is 4.90 Å². The summed E-state index contributed by atoms with van der Waals surface area (Å²) in [7, 11) is -3.89. The van der Waals surface area contributed by atoms with Crippen LogP contribution in [0.3, 0.4) is 0 Å². The minimum absolute atomic E-state index is 0.0300. The Balaban J connectivity index is 1.84. The standard InChI is InChI=1S/C17H11Cl3N2O3S/c18-11-4-5-17(16(20)7-11)26(23,24)22-13-2-1-3-14(8-13)25-15-6-12(19)9-21-10-15/h1-10,22H. The highest BCUT2D eigenvalue weighted by molar-refractivity contribution is 7.92. The number of sulfonamides is 1. The number of ether oxygens (including phenoxy) is 1. The summed E-state index contributed by atoms with van der Waals surface area (Å²) in [5.41, 5.74) is 0.309. The van der Waals surface area contributed by atoms with Crippen molar-refractivity contribution in [1.82, 2.24) is 4.98 Å². The van der Waals surface area contributed by atoms with Gasteiger partial charge in [-0.05, 0) is 30.3 Å². The highest BCUT2D eigenvalue weighted by atomic mass is 35.5. The summed E-state index contributed by atoms with van der Waals surface area (Å²) >= 11 is 17.7. The highest BCUT2D eigenvalue weighted by Gasteiger charge is 2.18. The van der Waals surface area contributed by atoms with Gasteiger partial charge in [0.05, 0.1) is 21.9 Å². The van der Waals surface area contributed by atoms with Crippen molar-refractivity contribution in [3.63, 3.8) is 0 Å². The van der Waals surface area contributed by atoms with E-state index >= 15 is 0 Å². The molecule has 0 unspecified atom stereocenters. The van der Waals surface area contributed by atoms with Crippen LogP contribution in [0.5, 0.6) is 11.5 Å². The van der Waals surface area contributed by atoms with E-state index < -0.39 is 10.0 Å². The summed E-state index contributed by atoms with van der Waals surface area (Å²) in [5, 5.41) is 0.804. The van der Waals surface area contributed by atoms with Gasteiger partial charge in [0, 0.05) is 23.4 Å². The van der Waals surface area contributed by atoms with Crippen LogP contribution in [0.1, 0.15) is 0 Å². The molecule has 0 saturated heterocycles. The van der Waals surface area contributed by atoms with Crippen molar-refractivity contribution in [2.75, 3.05) is 4.72 Å². The summed E-state index contributed by atoms with van der Waals surface area (Å²) in [5.74, 6) is 0.842. The fraction of sp³-hybridized carbons (Fsp3) is 0. The number of nitrogens with zero attached hydrogens (tertiary/aromatic N) is 1. The first-order valence-electron chi connectivity index (χ1n) is 7.20. The predicted molar refractivity (Wildman–Crippen MR) is 103 cm³/mol. The monoisotopic (exact) mass is 428 g/mol. The molecular weight excluding hydrogens is 419 g/mol. The van der Waals surface area contributed by atoms with Gasteiger partial charge >= 0.3 is 0 Å². The third-order valence-corrected chi connectivity index (χ3v) is 5.49. The van der Waals surface area contributed by atoms with E-state index in [-0.39, 0.29) is 9.92 Å². The first kappa shape index (κ1) is 18.8. The lowest BCUT2D eigenvalue weighted by atomic mass is 10.3. The number of aromatic nitrogens is 1. The molecule has 0 amide bonds. The molecule has 0 spiro atoms. The summed E-state index contributed by atoms with van der Waals surface area (Å²) in [6.07, 6.45) is 2.98. The molecule has 0 aliphatic heterocycles. The van der Waals surface area contributed by atoms with Crippen molar-refractivity contribution in [2.24, 2.45) is 0 Å². The lowest BCUT2D eigenvalue weighted by Gasteiger charge is -2.11. The molecule has 0 atom stereocenters. The lowest BCUT2D eigenvalue weighted by molar-refractivity contribution is 0.480. The van der Waals surface area contributed by atoms with Gasteiger partial charge in [-0.1, -0.05) is 40.9 Å². The van der Waals surface area contributed by atoms with Crippen LogP contribution in [0.2, 0.25) is 15.1 Å². The zero-order chi connectivity index (χ0) is 18.7. The van der Waals surface area contributed by atoms with Crippen molar-refractivity contribution in [3.05, 3.63) is 76.0 Å². The van der Waals surface area contributed by atoms with Crippen LogP contribution in [0.25, 0.3) is 0 Å². The fourth-order valence-corrected chi connectivity index (χ4v) is 4.10. The Labute approximate surface area is 165 Å². The maximum atomic E-state index is 12.5. The smallest absolute Gasteiger partial charge is 0.263 e. The molecule has 3 aromatic rings. The van der Waals surface area contributed by atoms with Crippen molar-refractivity contribution >= 4 is 50.5 Å². The van der Waals surface area contributed by atoms with E-state index in [1.165, 1.54) is 36.7 Å². The first-order valence-corrected chi connectivity index (χ1v) is 9.81. The minimum atomic E-state index is -3.89. The largest absolute Gasteiger partial charge is 0.456 e. The Bertz CT molecular complexity index is 1060. The zero-order valence-electron chi connectivity index (χ0n) is 13.0. The number of hydrogen-bond acceptors (Lipinski definition) is 4. The zero-order valence-corrected chi connectivity index (χ0v) is 16.1. The third kappa shape index (κ3) is 4.59. The summed E-state index contributed by atoms with van der Waals surface area (Å²) < 4.78 is 33.2. The Morgan fingerprint density at radius 3 is 2.42 bits per heavy atom. The number of halogens is 3. The van der Waals surface area contributed by atoms with Crippen LogP contribution in [0.4, 0.5) is 5.69 Å². The molecule has 0 saturated carbocycles. The van der Waals surface area contributed by atoms with Crippen LogP contribution >= 0.6 is 34.8 Å². The molecule has 3 rings (SSSR count). The number of benzene rings is 2. The number of anilines is 1. The molecule has 0 fully saturated rings. The second-order valence-corrected chi connectivity index (χ2v) is 8.08. The normalized spacial score (nSPS) is 11.2. The summed E-state index contributed by atoms with van der Waals surface area (Å²) in [4.78, 5) is 3.85. The topological polar surface area (TPSA) is 68.3 Å². The second-order valence-electron chi connectivity index (χ2n) is 5.15. The predicted octanol–water partition coefficient (Wildman–Crippen LogP) is 5.63. The van der Waals surface area contributed by atoms with Crippen molar-refractivity contribution in [3.8, 4) is 11.5 Å². The van der Waals surface area contributed by atoms with Gasteiger partial charge in [-0.3, -0.25) is 9.71 Å². The molecule has 1 heterocycles. The van der Waals surface area contributed by atoms with E-state index in [9.17, 15) is 8.42 Å². The Morgan fingerprint density at radius 2 is 1.69 bits per heavy atom. The third-order valence-electron chi connectivity index (χ3n) is 3.19. The van der Waals surface area contributed by atoms with E-state index in [2.05, 4.69) is 9.71 Å². The van der Waals surface area contributed by atoms with E-state index in [1.807, 2.05) is 0 Å². The molecule has 0 radical (unpaired) electrons. The average Bonchev–Trinajstić information content (AvgIpc) is 2.54. The number of nitrogens with one attached hydrogen (secondary N) is 1. The SMILES string of the molecule is O=S(=O)(Nc1cccc(Oc2cncc(Cl)c2)c1)c1ccc(Cl)cc1Cl. The fourth-order valence-electron chi connectivity index (χ4n) is 2.11. The van der Waals surface area contributed by atoms with Gasteiger partial charge in [0.25, 0.3) is 10.0 Å². The molecule has 0 aliphatic carbocycles. The number of pyridine rings is 1. The van der Waals surface area contributed by atoms with Crippen LogP contribution in [-0.4, -0.2) is 13.4 Å². The van der Waals surface area contributed by atoms with Crippen LogP contribution in [-0.2, 0) is 10.0 Å². The molecule has 2 aromatic carbocycles. The van der Waals surface area contributed by atoms with E-state index in [0.717, 1.165) is 0 Å². The molecule has 1 N–H and O–H groups in total. The van der Waals surface area contributed by atoms with Crippen molar-refractivity contribution < 1.29 is 13.2 Å². The Hall–Kier alpha value is -1.99. The van der Waals surface area contributed by atoms with Gasteiger partial charge in [-0.15, -0.1) is 0 Å². The van der Waals surface area contributed by atoms with E-state index in [4.69, 9.17) is 39.5 Å². The maximum Gasteiger partial charge on any atom is 0.263 e.